The van der Waals surface area contributed by atoms with Crippen molar-refractivity contribution >= 4 is 21.9 Å². The first-order valence-corrected chi connectivity index (χ1v) is 18.4. The fourth-order valence-corrected chi connectivity index (χ4v) is 7.60. The van der Waals surface area contributed by atoms with Gasteiger partial charge in [-0.3, -0.25) is 14.6 Å². The van der Waals surface area contributed by atoms with Crippen molar-refractivity contribution in [2.75, 3.05) is 48.5 Å². The number of hydrogen-bond donors (Lipinski definition) is 0. The van der Waals surface area contributed by atoms with Crippen molar-refractivity contribution in [1.29, 1.82) is 0 Å². The molecule has 9 nitrogen and oxygen atoms in total. The maximum absolute atomic E-state index is 13.5. The van der Waals surface area contributed by atoms with Gasteiger partial charge in [0.05, 0.1) is 21.3 Å². The van der Waals surface area contributed by atoms with Crippen molar-refractivity contribution in [2.45, 2.75) is 55.9 Å². The lowest BCUT2D eigenvalue weighted by atomic mass is 9.87. The molecule has 0 saturated heterocycles. The predicted octanol–water partition coefficient (Wildman–Crippen LogP) is 8.23. The van der Waals surface area contributed by atoms with E-state index in [1.54, 1.807) is 21.3 Å². The lowest BCUT2D eigenvalue weighted by Crippen LogP contribution is -2.34. The number of halogens is 1. The van der Waals surface area contributed by atoms with Crippen LogP contribution in [0.1, 0.15) is 58.8 Å². The zero-order valence-corrected chi connectivity index (χ0v) is 31.7. The summed E-state index contributed by atoms with van der Waals surface area (Å²) in [5.74, 6) is 3.93. The smallest absolute Gasteiger partial charge is 0.325 e. The minimum Gasteiger partial charge on any atom is -0.493 e. The molecule has 0 saturated carbocycles. The number of methoxy groups -OCH3 is 3. The lowest BCUT2D eigenvalue weighted by Gasteiger charge is -2.37. The zero-order chi connectivity index (χ0) is 35.8. The molecule has 0 N–H and O–H groups in total. The molecule has 4 aliphatic heterocycles. The maximum atomic E-state index is 13.5. The standard InChI is InChI=1S/C41H45BrN2O7/c1-7-30(42)41(45)51-39-37(48-6)22-27-15-17-44(3)32-19-25-10-13-33(46-4)35(20-25)49-28-11-8-24(9-12-28)18-31-29-23-36(50-40(39)38(27)32)34(47-5)21-26(29)14-16-43(31)2/h8-13,20-23,30-32H,7,14-19H2,1-6H3/t30?,31-,32-/m0/s1. The Hall–Kier alpha value is -4.25. The van der Waals surface area contributed by atoms with Gasteiger partial charge >= 0.3 is 5.97 Å². The highest BCUT2D eigenvalue weighted by molar-refractivity contribution is 9.10. The molecule has 0 aromatic heterocycles. The number of alkyl halides is 1. The summed E-state index contributed by atoms with van der Waals surface area (Å²) in [6.45, 7) is 3.67. The van der Waals surface area contributed by atoms with Gasteiger partial charge in [-0.25, -0.2) is 0 Å². The molecule has 4 heterocycles. The van der Waals surface area contributed by atoms with Gasteiger partial charge in [0.2, 0.25) is 5.75 Å². The molecule has 4 aliphatic rings. The summed E-state index contributed by atoms with van der Waals surface area (Å²) in [5.41, 5.74) is 6.66. The minimum atomic E-state index is -0.496. The highest BCUT2D eigenvalue weighted by Gasteiger charge is 2.36. The lowest BCUT2D eigenvalue weighted by molar-refractivity contribution is -0.133. The molecular weight excluding hydrogens is 712 g/mol. The Morgan fingerprint density at radius 3 is 2.12 bits per heavy atom. The molecule has 4 aromatic carbocycles. The number of fused-ring (bicyclic) bond motifs is 2. The van der Waals surface area contributed by atoms with E-state index in [-0.39, 0.29) is 17.8 Å². The first-order chi connectivity index (χ1) is 24.7. The van der Waals surface area contributed by atoms with E-state index in [9.17, 15) is 4.79 Å². The second-order valence-electron chi connectivity index (χ2n) is 13.5. The highest BCUT2D eigenvalue weighted by atomic mass is 79.9. The maximum Gasteiger partial charge on any atom is 0.325 e. The van der Waals surface area contributed by atoms with Gasteiger partial charge in [-0.2, -0.15) is 0 Å². The van der Waals surface area contributed by atoms with Gasteiger partial charge in [0.15, 0.2) is 34.5 Å². The molecule has 10 heteroatoms. The third kappa shape index (κ3) is 6.89. The van der Waals surface area contributed by atoms with E-state index in [1.165, 1.54) is 16.7 Å². The monoisotopic (exact) mass is 756 g/mol. The number of ether oxygens (including phenoxy) is 6. The Bertz CT molecular complexity index is 1930. The largest absolute Gasteiger partial charge is 0.493 e. The Morgan fingerprint density at radius 2 is 1.41 bits per heavy atom. The quantitative estimate of drug-likeness (QED) is 0.110. The summed E-state index contributed by atoms with van der Waals surface area (Å²) < 4.78 is 37.4. The van der Waals surface area contributed by atoms with Crippen molar-refractivity contribution < 1.29 is 33.2 Å². The van der Waals surface area contributed by atoms with Crippen LogP contribution in [0.2, 0.25) is 0 Å². The van der Waals surface area contributed by atoms with Crippen LogP contribution in [-0.2, 0) is 30.5 Å². The molecule has 6 bridgehead atoms. The van der Waals surface area contributed by atoms with E-state index in [0.29, 0.717) is 47.3 Å². The van der Waals surface area contributed by atoms with Crippen LogP contribution in [0.15, 0.2) is 60.7 Å². The number of carbonyl (C=O) groups excluding carboxylic acids is 1. The number of nitrogens with zero attached hydrogens (tertiary/aromatic N) is 2. The van der Waals surface area contributed by atoms with Crippen LogP contribution in [0.5, 0.6) is 46.0 Å². The Kier molecular flexibility index (Phi) is 10.2. The van der Waals surface area contributed by atoms with E-state index in [1.807, 2.05) is 37.3 Å². The second kappa shape index (κ2) is 14.8. The van der Waals surface area contributed by atoms with Gasteiger partial charge < -0.3 is 28.4 Å². The third-order valence-corrected chi connectivity index (χ3v) is 11.5. The van der Waals surface area contributed by atoms with E-state index in [2.05, 4.69) is 70.2 Å². The van der Waals surface area contributed by atoms with Gasteiger partial charge in [-0.15, -0.1) is 0 Å². The number of esters is 1. The van der Waals surface area contributed by atoms with Gasteiger partial charge in [0, 0.05) is 30.7 Å². The average molecular weight is 758 g/mol. The molecule has 4 aromatic rings. The van der Waals surface area contributed by atoms with Crippen molar-refractivity contribution in [3.63, 3.8) is 0 Å². The molecule has 0 radical (unpaired) electrons. The van der Waals surface area contributed by atoms with Crippen molar-refractivity contribution in [2.24, 2.45) is 0 Å². The molecule has 0 spiro atoms. The van der Waals surface area contributed by atoms with Gasteiger partial charge in [0.25, 0.3) is 0 Å². The van der Waals surface area contributed by atoms with Crippen LogP contribution in [0, 0.1) is 0 Å². The molecule has 8 rings (SSSR count). The summed E-state index contributed by atoms with van der Waals surface area (Å²) in [6.07, 6.45) is 3.64. The molecular formula is C41H45BrN2O7. The van der Waals surface area contributed by atoms with Crippen LogP contribution in [0.25, 0.3) is 0 Å². The molecule has 51 heavy (non-hydrogen) atoms. The van der Waals surface area contributed by atoms with Crippen molar-refractivity contribution in [3.8, 4) is 46.0 Å². The summed E-state index contributed by atoms with van der Waals surface area (Å²) in [4.78, 5) is 17.7. The molecule has 0 fully saturated rings. The third-order valence-electron chi connectivity index (χ3n) is 10.5. The normalized spacial score (nSPS) is 19.0. The first kappa shape index (κ1) is 35.2. The van der Waals surface area contributed by atoms with E-state index in [0.717, 1.165) is 54.8 Å². The van der Waals surface area contributed by atoms with Crippen LogP contribution >= 0.6 is 15.9 Å². The van der Waals surface area contributed by atoms with Crippen LogP contribution < -0.4 is 28.4 Å². The summed E-state index contributed by atoms with van der Waals surface area (Å²) >= 11 is 3.49. The van der Waals surface area contributed by atoms with Crippen LogP contribution in [0.4, 0.5) is 0 Å². The Morgan fingerprint density at radius 1 is 0.784 bits per heavy atom. The van der Waals surface area contributed by atoms with Gasteiger partial charge in [-0.1, -0.05) is 41.1 Å². The summed E-state index contributed by atoms with van der Waals surface area (Å²) in [7, 11) is 9.20. The fraction of sp³-hybridized carbons (Fsp3) is 0.390. The zero-order valence-electron chi connectivity index (χ0n) is 30.1. The minimum absolute atomic E-state index is 0.0959. The average Bonchev–Trinajstić information content (AvgIpc) is 3.14. The van der Waals surface area contributed by atoms with E-state index < -0.39 is 10.8 Å². The summed E-state index contributed by atoms with van der Waals surface area (Å²) in [5, 5.41) is 0. The molecule has 0 aliphatic carbocycles. The molecule has 0 amide bonds. The molecule has 268 valence electrons. The number of benzene rings is 4. The number of likely N-dealkylation sites (N-methyl/N-ethyl adjacent to an activating group) is 2. The number of carbonyl (C=O) groups is 1. The highest BCUT2D eigenvalue weighted by Crippen LogP contribution is 2.52. The first-order valence-electron chi connectivity index (χ1n) is 17.5. The Labute approximate surface area is 308 Å². The van der Waals surface area contributed by atoms with E-state index >= 15 is 0 Å². The molecule has 1 unspecified atom stereocenters. The van der Waals surface area contributed by atoms with E-state index in [4.69, 9.17) is 28.4 Å². The fourth-order valence-electron chi connectivity index (χ4n) is 7.51. The van der Waals surface area contributed by atoms with Gasteiger partial charge in [0.1, 0.15) is 10.6 Å². The number of rotatable bonds is 6. The van der Waals surface area contributed by atoms with Crippen LogP contribution in [-0.4, -0.2) is 69.1 Å². The summed E-state index contributed by atoms with van der Waals surface area (Å²) in [6, 6.07) is 20.6. The SMILES string of the molecule is CCC(Br)C(=O)Oc1c(OC)cc2c3c1Oc1cc4c(cc1OC)CCN(C)[C@H]4Cc1ccc(cc1)Oc1cc(ccc1OC)C[C@@H]3N(C)CC2. The predicted molar refractivity (Wildman–Crippen MR) is 200 cm³/mol. The molecule has 3 atom stereocenters. The van der Waals surface area contributed by atoms with Crippen LogP contribution in [0.3, 0.4) is 0 Å². The topological polar surface area (TPSA) is 78.9 Å². The van der Waals surface area contributed by atoms with Crippen molar-refractivity contribution in [1.82, 2.24) is 9.80 Å². The second-order valence-corrected chi connectivity index (χ2v) is 14.6. The van der Waals surface area contributed by atoms with Gasteiger partial charge in [-0.05, 0) is 116 Å². The number of hydrogen-bond acceptors (Lipinski definition) is 9. The Balaban J connectivity index is 1.48. The van der Waals surface area contributed by atoms with Crippen molar-refractivity contribution in [3.05, 3.63) is 94.0 Å².